The number of halogens is 3. The van der Waals surface area contributed by atoms with Crippen LogP contribution in [-0.2, 0) is 0 Å². The molecule has 0 aromatic carbocycles. The third kappa shape index (κ3) is 3.84. The highest BCUT2D eigenvalue weighted by molar-refractivity contribution is 6.30. The number of hydrogen-bond donors (Lipinski definition) is 0. The van der Waals surface area contributed by atoms with Gasteiger partial charge in [-0.3, -0.25) is 9.80 Å². The maximum Gasteiger partial charge on any atom is 0.319 e. The van der Waals surface area contributed by atoms with Crippen molar-refractivity contribution < 1.29 is 13.5 Å². The molecule has 7 nitrogen and oxygen atoms in total. The number of fused-ring (bicyclic) bond motifs is 2. The lowest BCUT2D eigenvalue weighted by atomic mass is 9.95. The molecule has 0 saturated carbocycles. The Hall–Kier alpha value is -2.10. The van der Waals surface area contributed by atoms with Crippen molar-refractivity contribution in [2.45, 2.75) is 49.5 Å². The van der Waals surface area contributed by atoms with Crippen molar-refractivity contribution in [3.63, 3.8) is 0 Å². The van der Waals surface area contributed by atoms with Crippen molar-refractivity contribution in [3.05, 3.63) is 29.8 Å². The molecule has 0 amide bonds. The standard InChI is InChI=1S/C23H29ClF2N6O/c1-4-16-17(6-9-30(16)2)31(3)21-15-11-27-20(24)18(26)19(15)28-22(29-21)33-13-23-7-5-8-32(23)12-14(25)10-23/h4,11,14,16-17H,1,5-10,12-13H2,2-3H3/t14-,16-,17-,23+/m1/s1. The molecule has 4 atom stereocenters. The maximum absolute atomic E-state index is 15.0. The van der Waals surface area contributed by atoms with Gasteiger partial charge in [0.05, 0.1) is 17.0 Å². The first-order chi connectivity index (χ1) is 15.8. The van der Waals surface area contributed by atoms with E-state index in [4.69, 9.17) is 16.3 Å². The molecule has 3 saturated heterocycles. The summed E-state index contributed by atoms with van der Waals surface area (Å²) in [7, 11) is 3.99. The number of likely N-dealkylation sites (tertiary alicyclic amines) is 1. The molecule has 33 heavy (non-hydrogen) atoms. The number of aromatic nitrogens is 3. The zero-order valence-electron chi connectivity index (χ0n) is 19.0. The van der Waals surface area contributed by atoms with Gasteiger partial charge in [-0.15, -0.1) is 6.58 Å². The lowest BCUT2D eigenvalue weighted by Gasteiger charge is -2.32. The van der Waals surface area contributed by atoms with Crippen molar-refractivity contribution in [3.8, 4) is 6.01 Å². The summed E-state index contributed by atoms with van der Waals surface area (Å²) >= 11 is 5.96. The average molecular weight is 479 g/mol. The second-order valence-electron chi connectivity index (χ2n) is 9.49. The zero-order chi connectivity index (χ0) is 23.3. The summed E-state index contributed by atoms with van der Waals surface area (Å²) in [5.41, 5.74) is -0.278. The van der Waals surface area contributed by atoms with Crippen LogP contribution < -0.4 is 9.64 Å². The molecule has 3 aliphatic heterocycles. The van der Waals surface area contributed by atoms with Crippen molar-refractivity contribution in [1.29, 1.82) is 0 Å². The Morgan fingerprint density at radius 1 is 1.39 bits per heavy atom. The fraction of sp³-hybridized carbons (Fsp3) is 0.609. The Bertz CT molecular complexity index is 1070. The average Bonchev–Trinajstić information content (AvgIpc) is 3.45. The number of rotatable bonds is 6. The van der Waals surface area contributed by atoms with Gasteiger partial charge in [-0.1, -0.05) is 17.7 Å². The Balaban J connectivity index is 1.51. The molecule has 178 valence electrons. The Kier molecular flexibility index (Phi) is 5.91. The largest absolute Gasteiger partial charge is 0.461 e. The van der Waals surface area contributed by atoms with E-state index in [9.17, 15) is 8.78 Å². The first kappa shape index (κ1) is 22.7. The first-order valence-electron chi connectivity index (χ1n) is 11.4. The molecule has 3 aliphatic rings. The topological polar surface area (TPSA) is 57.6 Å². The van der Waals surface area contributed by atoms with Gasteiger partial charge >= 0.3 is 6.01 Å². The zero-order valence-corrected chi connectivity index (χ0v) is 19.7. The van der Waals surface area contributed by atoms with E-state index in [1.165, 1.54) is 6.20 Å². The molecule has 2 aromatic rings. The van der Waals surface area contributed by atoms with E-state index < -0.39 is 12.0 Å². The minimum atomic E-state index is -0.856. The monoisotopic (exact) mass is 478 g/mol. The predicted octanol–water partition coefficient (Wildman–Crippen LogP) is 3.47. The van der Waals surface area contributed by atoms with Gasteiger partial charge in [-0.05, 0) is 32.9 Å². The van der Waals surface area contributed by atoms with Crippen LogP contribution >= 0.6 is 11.6 Å². The molecule has 2 aromatic heterocycles. The van der Waals surface area contributed by atoms with Crippen LogP contribution in [0.4, 0.5) is 14.6 Å². The van der Waals surface area contributed by atoms with Gasteiger partial charge in [0.2, 0.25) is 0 Å². The van der Waals surface area contributed by atoms with Gasteiger partial charge < -0.3 is 9.64 Å². The van der Waals surface area contributed by atoms with Gasteiger partial charge in [-0.2, -0.15) is 9.97 Å². The Morgan fingerprint density at radius 2 is 2.21 bits per heavy atom. The molecule has 3 fully saturated rings. The second-order valence-corrected chi connectivity index (χ2v) is 9.85. The quantitative estimate of drug-likeness (QED) is 0.465. The third-order valence-electron chi connectivity index (χ3n) is 7.59. The highest BCUT2D eigenvalue weighted by Crippen LogP contribution is 2.40. The molecule has 0 radical (unpaired) electrons. The number of likely N-dealkylation sites (N-methyl/N-ethyl adjacent to an activating group) is 2. The van der Waals surface area contributed by atoms with Crippen molar-refractivity contribution in [2.24, 2.45) is 0 Å². The summed E-state index contributed by atoms with van der Waals surface area (Å²) < 4.78 is 35.2. The molecular weight excluding hydrogens is 450 g/mol. The third-order valence-corrected chi connectivity index (χ3v) is 7.85. The van der Waals surface area contributed by atoms with E-state index >= 15 is 0 Å². The van der Waals surface area contributed by atoms with Gasteiger partial charge in [0.25, 0.3) is 0 Å². The number of anilines is 1. The molecule has 10 heteroatoms. The lowest BCUT2D eigenvalue weighted by molar-refractivity contribution is 0.107. The Labute approximate surface area is 197 Å². The summed E-state index contributed by atoms with van der Waals surface area (Å²) in [4.78, 5) is 19.4. The molecule has 5 heterocycles. The van der Waals surface area contributed by atoms with Crippen molar-refractivity contribution in [2.75, 3.05) is 45.2 Å². The second kappa shape index (κ2) is 8.60. The van der Waals surface area contributed by atoms with E-state index in [0.717, 1.165) is 32.4 Å². The van der Waals surface area contributed by atoms with E-state index in [1.807, 2.05) is 18.0 Å². The van der Waals surface area contributed by atoms with Crippen LogP contribution in [0.25, 0.3) is 10.9 Å². The summed E-state index contributed by atoms with van der Waals surface area (Å²) in [5.74, 6) is -0.175. The smallest absolute Gasteiger partial charge is 0.319 e. The van der Waals surface area contributed by atoms with Crippen molar-refractivity contribution in [1.82, 2.24) is 24.8 Å². The van der Waals surface area contributed by atoms with Crippen LogP contribution in [0.2, 0.25) is 5.15 Å². The van der Waals surface area contributed by atoms with Crippen LogP contribution in [-0.4, -0.2) is 88.9 Å². The summed E-state index contributed by atoms with van der Waals surface area (Å²) in [5, 5.41) is 0.219. The molecular formula is C23H29ClF2N6O. The molecule has 0 aliphatic carbocycles. The highest BCUT2D eigenvalue weighted by Gasteiger charge is 2.49. The SMILES string of the molecule is C=C[C@@H]1[C@H](N(C)c2nc(OC[C@@]34CCCN3C[C@H](F)C4)nc3c(F)c(Cl)ncc23)CCN1C. The summed E-state index contributed by atoms with van der Waals surface area (Å²) in [6.45, 7) is 6.47. The maximum atomic E-state index is 15.0. The van der Waals surface area contributed by atoms with E-state index in [0.29, 0.717) is 24.2 Å². The molecule has 0 spiro atoms. The fourth-order valence-electron chi connectivity index (χ4n) is 5.85. The number of pyridine rings is 1. The Morgan fingerprint density at radius 3 is 3.00 bits per heavy atom. The summed E-state index contributed by atoms with van der Waals surface area (Å²) in [6.07, 6.45) is 5.79. The molecule has 5 rings (SSSR count). The number of hydrogen-bond acceptors (Lipinski definition) is 7. The first-order valence-corrected chi connectivity index (χ1v) is 11.8. The van der Waals surface area contributed by atoms with Gasteiger partial charge in [0.15, 0.2) is 11.0 Å². The van der Waals surface area contributed by atoms with E-state index in [-0.39, 0.29) is 40.9 Å². The van der Waals surface area contributed by atoms with Crippen LogP contribution in [0.3, 0.4) is 0 Å². The fourth-order valence-corrected chi connectivity index (χ4v) is 5.99. The molecule has 0 N–H and O–H groups in total. The van der Waals surface area contributed by atoms with Crippen molar-refractivity contribution >= 4 is 28.3 Å². The van der Waals surface area contributed by atoms with Gasteiger partial charge in [-0.25, -0.2) is 13.8 Å². The predicted molar refractivity (Wildman–Crippen MR) is 124 cm³/mol. The molecule has 0 unspecified atom stereocenters. The van der Waals surface area contributed by atoms with Gasteiger partial charge in [0, 0.05) is 38.8 Å². The van der Waals surface area contributed by atoms with E-state index in [2.05, 4.69) is 38.4 Å². The number of alkyl halides is 1. The normalized spacial score (nSPS) is 30.2. The van der Waals surface area contributed by atoms with Crippen LogP contribution in [0.15, 0.2) is 18.9 Å². The minimum absolute atomic E-state index is 0.0653. The van der Waals surface area contributed by atoms with Gasteiger partial charge in [0.1, 0.15) is 24.1 Å². The van der Waals surface area contributed by atoms with Crippen LogP contribution in [0.1, 0.15) is 25.7 Å². The lowest BCUT2D eigenvalue weighted by Crippen LogP contribution is -2.43. The van der Waals surface area contributed by atoms with Crippen LogP contribution in [0, 0.1) is 5.82 Å². The van der Waals surface area contributed by atoms with E-state index in [1.54, 1.807) is 0 Å². The minimum Gasteiger partial charge on any atom is -0.461 e. The number of ether oxygens (including phenoxy) is 1. The molecule has 0 bridgehead atoms. The highest BCUT2D eigenvalue weighted by atomic mass is 35.5. The van der Waals surface area contributed by atoms with Crippen LogP contribution in [0.5, 0.6) is 6.01 Å². The summed E-state index contributed by atoms with van der Waals surface area (Å²) in [6, 6.07) is 0.291. The number of nitrogens with zero attached hydrogens (tertiary/aromatic N) is 6.